The molecule has 2 atom stereocenters. The molecule has 2 aromatic rings. The molecule has 4 nitrogen and oxygen atoms in total. The lowest BCUT2D eigenvalue weighted by Gasteiger charge is -2.33. The maximum atomic E-state index is 13.1. The third-order valence-electron chi connectivity index (χ3n) is 4.87. The van der Waals surface area contributed by atoms with Crippen molar-refractivity contribution in [3.63, 3.8) is 0 Å². The third kappa shape index (κ3) is 4.94. The Bertz CT molecular complexity index is 761. The summed E-state index contributed by atoms with van der Waals surface area (Å²) in [5.74, 6) is 0.326. The molecule has 1 fully saturated rings. The molecule has 0 aliphatic carbocycles. The summed E-state index contributed by atoms with van der Waals surface area (Å²) >= 11 is 0. The van der Waals surface area contributed by atoms with Crippen molar-refractivity contribution in [1.82, 2.24) is 15.3 Å². The molecule has 146 valence electrons. The van der Waals surface area contributed by atoms with Crippen molar-refractivity contribution in [3.05, 3.63) is 53.2 Å². The number of nitrogens with one attached hydrogen (secondary N) is 2. The first-order chi connectivity index (χ1) is 12.9. The molecule has 0 amide bonds. The van der Waals surface area contributed by atoms with Crippen LogP contribution in [-0.2, 0) is 12.6 Å². The lowest BCUT2D eigenvalue weighted by molar-refractivity contribution is -0.141. The van der Waals surface area contributed by atoms with Gasteiger partial charge in [0.05, 0.1) is 11.9 Å². The average Bonchev–Trinajstić information content (AvgIpc) is 2.64. The zero-order chi connectivity index (χ0) is 19.4. The molecule has 8 heteroatoms. The Labute approximate surface area is 155 Å². The van der Waals surface area contributed by atoms with Crippen LogP contribution in [0.3, 0.4) is 0 Å². The van der Waals surface area contributed by atoms with Crippen LogP contribution in [-0.4, -0.2) is 29.1 Å². The molecule has 1 saturated heterocycles. The van der Waals surface area contributed by atoms with Gasteiger partial charge in [-0.15, -0.1) is 0 Å². The van der Waals surface area contributed by atoms with E-state index in [0.29, 0.717) is 17.3 Å². The second-order valence-corrected chi connectivity index (χ2v) is 6.76. The van der Waals surface area contributed by atoms with Gasteiger partial charge < -0.3 is 10.6 Å². The van der Waals surface area contributed by atoms with Crippen molar-refractivity contribution in [2.24, 2.45) is 5.92 Å². The van der Waals surface area contributed by atoms with E-state index in [-0.39, 0.29) is 18.2 Å². The first kappa shape index (κ1) is 19.5. The summed E-state index contributed by atoms with van der Waals surface area (Å²) in [6.07, 6.45) is -1.85. The topological polar surface area (TPSA) is 49.8 Å². The summed E-state index contributed by atoms with van der Waals surface area (Å²) in [7, 11) is 0. The van der Waals surface area contributed by atoms with Gasteiger partial charge in [-0.1, -0.05) is 25.5 Å². The Hall–Kier alpha value is -2.22. The summed E-state index contributed by atoms with van der Waals surface area (Å²) in [6, 6.07) is 5.77. The predicted molar refractivity (Wildman–Crippen MR) is 94.9 cm³/mol. The molecule has 1 aromatic carbocycles. The highest BCUT2D eigenvalue weighted by molar-refractivity contribution is 5.44. The Morgan fingerprint density at radius 3 is 2.63 bits per heavy atom. The van der Waals surface area contributed by atoms with Crippen LogP contribution in [0.25, 0.3) is 0 Å². The van der Waals surface area contributed by atoms with Gasteiger partial charge in [-0.25, -0.2) is 14.4 Å². The summed E-state index contributed by atoms with van der Waals surface area (Å²) in [4.78, 5) is 7.85. The molecule has 0 saturated carbocycles. The highest BCUT2D eigenvalue weighted by atomic mass is 19.4. The molecule has 27 heavy (non-hydrogen) atoms. The van der Waals surface area contributed by atoms with E-state index in [4.69, 9.17) is 0 Å². The van der Waals surface area contributed by atoms with E-state index >= 15 is 0 Å². The van der Waals surface area contributed by atoms with Crippen LogP contribution in [0.5, 0.6) is 0 Å². The SMILES string of the molecule is CCC1CNCCC1Nc1ncc(C(F)(F)F)nc1Cc1ccc(F)cc1. The maximum Gasteiger partial charge on any atom is 0.434 e. The van der Waals surface area contributed by atoms with Gasteiger partial charge in [-0.2, -0.15) is 13.2 Å². The van der Waals surface area contributed by atoms with Gasteiger partial charge in [-0.05, 0) is 43.1 Å². The Morgan fingerprint density at radius 1 is 1.22 bits per heavy atom. The van der Waals surface area contributed by atoms with Gasteiger partial charge in [0, 0.05) is 12.5 Å². The maximum absolute atomic E-state index is 13.1. The number of nitrogens with zero attached hydrogens (tertiary/aromatic N) is 2. The summed E-state index contributed by atoms with van der Waals surface area (Å²) in [6.45, 7) is 3.79. The smallest absolute Gasteiger partial charge is 0.365 e. The third-order valence-corrected chi connectivity index (χ3v) is 4.87. The first-order valence-electron chi connectivity index (χ1n) is 9.01. The van der Waals surface area contributed by atoms with E-state index in [2.05, 4.69) is 27.5 Å². The molecule has 2 heterocycles. The lowest BCUT2D eigenvalue weighted by Crippen LogP contribution is -2.44. The number of piperidine rings is 1. The van der Waals surface area contributed by atoms with Gasteiger partial charge in [0.2, 0.25) is 0 Å². The fourth-order valence-electron chi connectivity index (χ4n) is 3.32. The molecule has 1 aromatic heterocycles. The number of hydrogen-bond donors (Lipinski definition) is 2. The number of anilines is 1. The highest BCUT2D eigenvalue weighted by Crippen LogP contribution is 2.30. The van der Waals surface area contributed by atoms with Gasteiger partial charge >= 0.3 is 6.18 Å². The fraction of sp³-hybridized carbons (Fsp3) is 0.474. The van der Waals surface area contributed by atoms with Crippen LogP contribution in [0.1, 0.15) is 36.7 Å². The quantitative estimate of drug-likeness (QED) is 0.767. The Morgan fingerprint density at radius 2 is 1.96 bits per heavy atom. The van der Waals surface area contributed by atoms with Gasteiger partial charge in [0.15, 0.2) is 5.69 Å². The largest absolute Gasteiger partial charge is 0.434 e. The average molecular weight is 382 g/mol. The van der Waals surface area contributed by atoms with Gasteiger partial charge in [0.25, 0.3) is 0 Å². The fourth-order valence-corrected chi connectivity index (χ4v) is 3.32. The molecular weight excluding hydrogens is 360 g/mol. The Balaban J connectivity index is 1.90. The minimum absolute atomic E-state index is 0.120. The second kappa shape index (κ2) is 8.21. The molecule has 1 aliphatic rings. The van der Waals surface area contributed by atoms with E-state index in [0.717, 1.165) is 32.1 Å². The number of benzene rings is 1. The minimum Gasteiger partial charge on any atom is -0.365 e. The van der Waals surface area contributed by atoms with Crippen LogP contribution >= 0.6 is 0 Å². The van der Waals surface area contributed by atoms with Crippen LogP contribution in [0.4, 0.5) is 23.4 Å². The standard InChI is InChI=1S/C19H22F4N4/c1-2-13-10-24-8-7-15(13)27-18-16(9-12-3-5-14(20)6-4-12)26-17(11-25-18)19(21,22)23/h3-6,11,13,15,24H,2,7-10H2,1H3,(H,25,27). The molecule has 2 N–H and O–H groups in total. The van der Waals surface area contributed by atoms with Crippen LogP contribution < -0.4 is 10.6 Å². The van der Waals surface area contributed by atoms with Crippen molar-refractivity contribution >= 4 is 5.82 Å². The highest BCUT2D eigenvalue weighted by Gasteiger charge is 2.34. The van der Waals surface area contributed by atoms with E-state index in [1.165, 1.54) is 12.1 Å². The molecule has 3 rings (SSSR count). The zero-order valence-corrected chi connectivity index (χ0v) is 15.0. The summed E-state index contributed by atoms with van der Waals surface area (Å²) in [5, 5.41) is 6.64. The molecular formula is C19H22F4N4. The van der Waals surface area contributed by atoms with Gasteiger partial charge in [-0.3, -0.25) is 0 Å². The predicted octanol–water partition coefficient (Wildman–Crippen LogP) is 4.03. The number of alkyl halides is 3. The zero-order valence-electron chi connectivity index (χ0n) is 15.0. The van der Waals surface area contributed by atoms with E-state index in [1.54, 1.807) is 12.1 Å². The lowest BCUT2D eigenvalue weighted by atomic mass is 9.91. The number of rotatable bonds is 5. The number of hydrogen-bond acceptors (Lipinski definition) is 4. The number of aromatic nitrogens is 2. The molecule has 0 radical (unpaired) electrons. The molecule has 1 aliphatic heterocycles. The summed E-state index contributed by atoms with van der Waals surface area (Å²) < 4.78 is 52.4. The molecule has 0 bridgehead atoms. The first-order valence-corrected chi connectivity index (χ1v) is 9.01. The van der Waals surface area contributed by atoms with Crippen molar-refractivity contribution in [1.29, 1.82) is 0 Å². The van der Waals surface area contributed by atoms with Crippen LogP contribution in [0, 0.1) is 11.7 Å². The van der Waals surface area contributed by atoms with E-state index in [9.17, 15) is 17.6 Å². The van der Waals surface area contributed by atoms with Crippen molar-refractivity contribution in [2.75, 3.05) is 18.4 Å². The Kier molecular flexibility index (Phi) is 5.94. The minimum atomic E-state index is -4.57. The second-order valence-electron chi connectivity index (χ2n) is 6.76. The van der Waals surface area contributed by atoms with Crippen molar-refractivity contribution < 1.29 is 17.6 Å². The monoisotopic (exact) mass is 382 g/mol. The molecule has 0 spiro atoms. The van der Waals surface area contributed by atoms with Gasteiger partial charge in [0.1, 0.15) is 11.6 Å². The van der Waals surface area contributed by atoms with E-state index < -0.39 is 17.7 Å². The normalized spacial score (nSPS) is 20.5. The molecule has 2 unspecified atom stereocenters. The van der Waals surface area contributed by atoms with Crippen LogP contribution in [0.15, 0.2) is 30.5 Å². The summed E-state index contributed by atoms with van der Waals surface area (Å²) in [5.41, 5.74) is -0.141. The van der Waals surface area contributed by atoms with E-state index in [1.807, 2.05) is 0 Å². The van der Waals surface area contributed by atoms with Crippen LogP contribution in [0.2, 0.25) is 0 Å². The number of halogens is 4. The van der Waals surface area contributed by atoms with Crippen molar-refractivity contribution in [2.45, 2.75) is 38.4 Å². The van der Waals surface area contributed by atoms with Crippen molar-refractivity contribution in [3.8, 4) is 0 Å².